The van der Waals surface area contributed by atoms with Crippen LogP contribution in [0.25, 0.3) is 5.76 Å². The monoisotopic (exact) mass is 431 g/mol. The molecule has 0 spiro atoms. The molecular weight excluding hydrogens is 406 g/mol. The van der Waals surface area contributed by atoms with Crippen LogP contribution in [0.15, 0.2) is 64.8 Å². The number of aryl methyl sites for hydroxylation is 3. The second kappa shape index (κ2) is 8.38. The van der Waals surface area contributed by atoms with Crippen LogP contribution in [-0.2, 0) is 9.59 Å². The third kappa shape index (κ3) is 3.58. The van der Waals surface area contributed by atoms with Crippen molar-refractivity contribution < 1.29 is 23.8 Å². The van der Waals surface area contributed by atoms with E-state index < -0.39 is 17.7 Å². The van der Waals surface area contributed by atoms with E-state index in [0.29, 0.717) is 29.4 Å². The zero-order valence-corrected chi connectivity index (χ0v) is 18.5. The molecule has 32 heavy (non-hydrogen) atoms. The molecule has 1 fully saturated rings. The van der Waals surface area contributed by atoms with Crippen molar-refractivity contribution in [3.05, 3.63) is 88.4 Å². The topological polar surface area (TPSA) is 80.0 Å². The maximum Gasteiger partial charge on any atom is 0.300 e. The Kier molecular flexibility index (Phi) is 5.61. The summed E-state index contributed by atoms with van der Waals surface area (Å²) >= 11 is 0. The number of carbonyl (C=O) groups is 2. The first kappa shape index (κ1) is 21.4. The van der Waals surface area contributed by atoms with Gasteiger partial charge < -0.3 is 14.3 Å². The van der Waals surface area contributed by atoms with Crippen LogP contribution in [0, 0.1) is 20.8 Å². The Balaban J connectivity index is 1.88. The molecule has 2 aromatic carbocycles. The summed E-state index contributed by atoms with van der Waals surface area (Å²) in [6.07, 6.45) is 1.48. The van der Waals surface area contributed by atoms with Crippen LogP contribution in [-0.4, -0.2) is 23.4 Å². The first-order valence-corrected chi connectivity index (χ1v) is 10.5. The van der Waals surface area contributed by atoms with E-state index in [4.69, 9.17) is 9.15 Å². The smallest absolute Gasteiger partial charge is 0.300 e. The molecule has 1 aromatic heterocycles. The number of nitrogens with zero attached hydrogens (tertiary/aromatic N) is 1. The van der Waals surface area contributed by atoms with Crippen molar-refractivity contribution in [1.82, 2.24) is 0 Å². The van der Waals surface area contributed by atoms with Gasteiger partial charge in [-0.15, -0.1) is 0 Å². The Morgan fingerprint density at radius 3 is 2.44 bits per heavy atom. The number of aliphatic hydroxyl groups is 1. The predicted molar refractivity (Wildman–Crippen MR) is 122 cm³/mol. The number of benzene rings is 2. The van der Waals surface area contributed by atoms with E-state index in [0.717, 1.165) is 16.7 Å². The van der Waals surface area contributed by atoms with Gasteiger partial charge in [0, 0.05) is 11.3 Å². The van der Waals surface area contributed by atoms with Crippen molar-refractivity contribution in [3.8, 4) is 5.75 Å². The van der Waals surface area contributed by atoms with E-state index in [9.17, 15) is 14.7 Å². The van der Waals surface area contributed by atoms with E-state index in [1.165, 1.54) is 11.2 Å². The zero-order valence-electron chi connectivity index (χ0n) is 18.5. The van der Waals surface area contributed by atoms with E-state index >= 15 is 0 Å². The molecule has 0 radical (unpaired) electrons. The van der Waals surface area contributed by atoms with E-state index in [1.54, 1.807) is 36.4 Å². The molecule has 164 valence electrons. The molecule has 1 N–H and O–H groups in total. The highest BCUT2D eigenvalue weighted by Gasteiger charge is 2.48. The van der Waals surface area contributed by atoms with Crippen LogP contribution in [0.4, 0.5) is 5.69 Å². The molecule has 1 aliphatic heterocycles. The molecular formula is C26H25NO5. The number of hydrogen-bond donors (Lipinski definition) is 1. The van der Waals surface area contributed by atoms with Gasteiger partial charge in [0.25, 0.3) is 11.7 Å². The van der Waals surface area contributed by atoms with Crippen molar-refractivity contribution >= 4 is 23.1 Å². The third-order valence-electron chi connectivity index (χ3n) is 5.77. The van der Waals surface area contributed by atoms with E-state index in [-0.39, 0.29) is 11.3 Å². The maximum atomic E-state index is 13.1. The molecule has 1 aliphatic rings. The normalized spacial score (nSPS) is 17.8. The molecule has 1 saturated heterocycles. The number of anilines is 1. The quantitative estimate of drug-likeness (QED) is 0.340. The van der Waals surface area contributed by atoms with Crippen LogP contribution in [0.1, 0.15) is 41.0 Å². The number of ether oxygens (including phenoxy) is 1. The van der Waals surface area contributed by atoms with E-state index in [1.807, 2.05) is 39.8 Å². The lowest BCUT2D eigenvalue weighted by Crippen LogP contribution is -2.29. The predicted octanol–water partition coefficient (Wildman–Crippen LogP) is 5.23. The van der Waals surface area contributed by atoms with Gasteiger partial charge in [0.2, 0.25) is 0 Å². The molecule has 3 aromatic rings. The van der Waals surface area contributed by atoms with Crippen molar-refractivity contribution in [3.63, 3.8) is 0 Å². The van der Waals surface area contributed by atoms with Crippen molar-refractivity contribution in [2.45, 2.75) is 33.7 Å². The summed E-state index contributed by atoms with van der Waals surface area (Å²) in [5.41, 5.74) is 3.87. The Hall–Kier alpha value is -3.80. The average Bonchev–Trinajstić information content (AvgIpc) is 3.38. The Labute approximate surface area is 186 Å². The summed E-state index contributed by atoms with van der Waals surface area (Å²) in [7, 11) is 0. The minimum absolute atomic E-state index is 0.00765. The van der Waals surface area contributed by atoms with Gasteiger partial charge in [-0.1, -0.05) is 6.07 Å². The number of ketones is 1. The van der Waals surface area contributed by atoms with Gasteiger partial charge >= 0.3 is 0 Å². The van der Waals surface area contributed by atoms with Crippen LogP contribution < -0.4 is 9.64 Å². The molecule has 0 bridgehead atoms. The lowest BCUT2D eigenvalue weighted by molar-refractivity contribution is -0.132. The molecule has 0 aliphatic carbocycles. The van der Waals surface area contributed by atoms with Gasteiger partial charge in [-0.25, -0.2) is 0 Å². The van der Waals surface area contributed by atoms with Gasteiger partial charge in [0.1, 0.15) is 23.3 Å². The van der Waals surface area contributed by atoms with E-state index in [2.05, 4.69) is 0 Å². The Morgan fingerprint density at radius 2 is 1.81 bits per heavy atom. The van der Waals surface area contributed by atoms with Gasteiger partial charge in [-0.05, 0) is 86.8 Å². The van der Waals surface area contributed by atoms with Crippen LogP contribution in [0.5, 0.6) is 5.75 Å². The summed E-state index contributed by atoms with van der Waals surface area (Å²) in [5, 5.41) is 11.2. The summed E-state index contributed by atoms with van der Waals surface area (Å²) < 4.78 is 11.2. The minimum Gasteiger partial charge on any atom is -0.507 e. The number of amides is 1. The molecule has 2 heterocycles. The minimum atomic E-state index is -0.876. The van der Waals surface area contributed by atoms with Gasteiger partial charge in [0.05, 0.1) is 18.4 Å². The highest BCUT2D eigenvalue weighted by atomic mass is 16.5. The van der Waals surface area contributed by atoms with Crippen LogP contribution >= 0.6 is 0 Å². The number of carbonyl (C=O) groups excluding carboxylic acids is 2. The number of aliphatic hydroxyl groups excluding tert-OH is 1. The third-order valence-corrected chi connectivity index (χ3v) is 5.77. The second-order valence-corrected chi connectivity index (χ2v) is 7.87. The standard InChI is InChI=1S/C26H25NO5/c1-5-31-20-11-9-18(13-17(20)4)24(28)22-23(21-7-6-12-32-21)27(26(30)25(22)29)19-10-8-15(2)16(3)14-19/h6-14,23,28H,5H2,1-4H3/b24-22-. The summed E-state index contributed by atoms with van der Waals surface area (Å²) in [6.45, 7) is 8.20. The van der Waals surface area contributed by atoms with Gasteiger partial charge in [-0.3, -0.25) is 14.5 Å². The highest BCUT2D eigenvalue weighted by Crippen LogP contribution is 2.42. The van der Waals surface area contributed by atoms with Gasteiger partial charge in [-0.2, -0.15) is 0 Å². The number of furan rings is 1. The second-order valence-electron chi connectivity index (χ2n) is 7.87. The Bertz CT molecular complexity index is 1220. The van der Waals surface area contributed by atoms with Crippen LogP contribution in [0.2, 0.25) is 0 Å². The van der Waals surface area contributed by atoms with Crippen molar-refractivity contribution in [1.29, 1.82) is 0 Å². The number of hydrogen-bond acceptors (Lipinski definition) is 5. The molecule has 6 heteroatoms. The zero-order chi connectivity index (χ0) is 23.0. The summed E-state index contributed by atoms with van der Waals surface area (Å²) in [6, 6.07) is 13.2. The Morgan fingerprint density at radius 1 is 1.03 bits per heavy atom. The molecule has 1 atom stereocenters. The number of Topliss-reactive ketones (excluding diaryl/α,β-unsaturated/α-hetero) is 1. The maximum absolute atomic E-state index is 13.1. The first-order chi connectivity index (χ1) is 15.3. The molecule has 1 unspecified atom stereocenters. The van der Waals surface area contributed by atoms with Gasteiger partial charge in [0.15, 0.2) is 0 Å². The molecule has 4 rings (SSSR count). The first-order valence-electron chi connectivity index (χ1n) is 10.5. The molecule has 0 saturated carbocycles. The fourth-order valence-corrected chi connectivity index (χ4v) is 3.96. The molecule has 1 amide bonds. The van der Waals surface area contributed by atoms with Crippen LogP contribution in [0.3, 0.4) is 0 Å². The van der Waals surface area contributed by atoms with Crippen molar-refractivity contribution in [2.24, 2.45) is 0 Å². The average molecular weight is 431 g/mol. The SMILES string of the molecule is CCOc1ccc(/C(O)=C2/C(=O)C(=O)N(c3ccc(C)c(C)c3)C2c2ccco2)cc1C. The van der Waals surface area contributed by atoms with Crippen molar-refractivity contribution in [2.75, 3.05) is 11.5 Å². The lowest BCUT2D eigenvalue weighted by atomic mass is 9.98. The summed E-state index contributed by atoms with van der Waals surface area (Å²) in [5.74, 6) is -0.622. The lowest BCUT2D eigenvalue weighted by Gasteiger charge is -2.24. The fourth-order valence-electron chi connectivity index (χ4n) is 3.96. The number of rotatable bonds is 5. The summed E-state index contributed by atoms with van der Waals surface area (Å²) in [4.78, 5) is 27.7. The fraction of sp³-hybridized carbons (Fsp3) is 0.231. The molecule has 6 nitrogen and oxygen atoms in total. The largest absolute Gasteiger partial charge is 0.507 e. The highest BCUT2D eigenvalue weighted by molar-refractivity contribution is 6.51.